The fourth-order valence-corrected chi connectivity index (χ4v) is 4.37. The van der Waals surface area contributed by atoms with Gasteiger partial charge in [-0.3, -0.25) is 9.80 Å². The Morgan fingerprint density at radius 3 is 2.51 bits per heavy atom. The first-order chi connectivity index (χ1) is 16.9. The van der Waals surface area contributed by atoms with Gasteiger partial charge in [-0.05, 0) is 18.1 Å². The molecule has 1 fully saturated rings. The van der Waals surface area contributed by atoms with Crippen molar-refractivity contribution in [3.8, 4) is 23.1 Å². The predicted molar refractivity (Wildman–Crippen MR) is 134 cm³/mol. The fourth-order valence-electron chi connectivity index (χ4n) is 4.18. The van der Waals surface area contributed by atoms with E-state index in [0.717, 1.165) is 44.8 Å². The monoisotopic (exact) mass is 502 g/mol. The van der Waals surface area contributed by atoms with Crippen LogP contribution in [0.1, 0.15) is 11.1 Å². The van der Waals surface area contributed by atoms with Crippen molar-refractivity contribution in [2.24, 2.45) is 0 Å². The number of nitrogens with one attached hydrogen (secondary N) is 1. The molecule has 0 saturated carbocycles. The van der Waals surface area contributed by atoms with E-state index in [4.69, 9.17) is 26.2 Å². The molecular formula is C24H31ClN6O4. The third-order valence-corrected chi connectivity index (χ3v) is 6.36. The fraction of sp³-hybridized carbons (Fsp3) is 0.417. The molecule has 1 saturated heterocycles. The lowest BCUT2D eigenvalue weighted by Gasteiger charge is -2.34. The van der Waals surface area contributed by atoms with Gasteiger partial charge in [-0.25, -0.2) is 4.98 Å². The molecule has 11 heteroatoms. The molecule has 3 aromatic rings. The molecule has 0 spiro atoms. The molecule has 0 bridgehead atoms. The van der Waals surface area contributed by atoms with Crippen LogP contribution in [-0.2, 0) is 6.54 Å². The Kier molecular flexibility index (Phi) is 7.97. The Balaban J connectivity index is 1.51. The number of ether oxygens (including phenoxy) is 2. The highest BCUT2D eigenvalue weighted by atomic mass is 35.5. The van der Waals surface area contributed by atoms with Crippen LogP contribution in [0.5, 0.6) is 17.2 Å². The number of aliphatic hydroxyl groups is 1. The highest BCUT2D eigenvalue weighted by molar-refractivity contribution is 6.32. The smallest absolute Gasteiger partial charge is 0.229 e. The number of anilines is 2. The first kappa shape index (κ1) is 25.1. The summed E-state index contributed by atoms with van der Waals surface area (Å²) < 4.78 is 12.4. The van der Waals surface area contributed by atoms with Crippen molar-refractivity contribution in [1.82, 2.24) is 24.3 Å². The quantitative estimate of drug-likeness (QED) is 0.407. The summed E-state index contributed by atoms with van der Waals surface area (Å²) in [6.45, 7) is 7.69. The summed E-state index contributed by atoms with van der Waals surface area (Å²) in [5.41, 5.74) is 2.89. The van der Waals surface area contributed by atoms with Gasteiger partial charge in [-0.1, -0.05) is 11.6 Å². The second kappa shape index (κ2) is 11.1. The Morgan fingerprint density at radius 1 is 1.09 bits per heavy atom. The van der Waals surface area contributed by atoms with Gasteiger partial charge in [0.2, 0.25) is 11.7 Å². The number of aryl methyl sites for hydroxylation is 1. The van der Waals surface area contributed by atoms with Gasteiger partial charge >= 0.3 is 0 Å². The maximum absolute atomic E-state index is 10.2. The molecule has 4 rings (SSSR count). The van der Waals surface area contributed by atoms with E-state index in [-0.39, 0.29) is 18.1 Å². The molecule has 0 radical (unpaired) electrons. The second-order valence-corrected chi connectivity index (χ2v) is 8.84. The summed E-state index contributed by atoms with van der Waals surface area (Å²) >= 11 is 6.46. The SMILES string of the molecule is COc1cc(Nc2ncc(Cl)c(-n3cc(C)c(CN4CCN(CCO)CC4)c3)n2)cc(O)c1OC. The molecule has 3 heterocycles. The molecule has 2 aromatic heterocycles. The molecule has 1 aromatic carbocycles. The third-order valence-electron chi connectivity index (χ3n) is 6.09. The number of nitrogens with zero attached hydrogens (tertiary/aromatic N) is 5. The zero-order valence-electron chi connectivity index (χ0n) is 20.2. The minimum Gasteiger partial charge on any atom is -0.504 e. The number of halogens is 1. The van der Waals surface area contributed by atoms with Crippen molar-refractivity contribution in [3.63, 3.8) is 0 Å². The van der Waals surface area contributed by atoms with E-state index in [1.165, 1.54) is 25.8 Å². The molecule has 35 heavy (non-hydrogen) atoms. The van der Waals surface area contributed by atoms with Gasteiger partial charge in [0.15, 0.2) is 17.3 Å². The number of aliphatic hydroxyl groups excluding tert-OH is 1. The van der Waals surface area contributed by atoms with Crippen LogP contribution in [0.15, 0.2) is 30.7 Å². The number of hydrogen-bond donors (Lipinski definition) is 3. The zero-order valence-corrected chi connectivity index (χ0v) is 20.9. The number of β-amino-alcohol motifs (C(OH)–C–C–N with tert-alkyl or cyclic N) is 1. The lowest BCUT2D eigenvalue weighted by atomic mass is 10.2. The number of aromatic hydroxyl groups is 1. The highest BCUT2D eigenvalue weighted by Gasteiger charge is 2.19. The number of methoxy groups -OCH3 is 2. The van der Waals surface area contributed by atoms with Crippen LogP contribution >= 0.6 is 11.6 Å². The van der Waals surface area contributed by atoms with Crippen LogP contribution in [-0.4, -0.2) is 88.1 Å². The van der Waals surface area contributed by atoms with E-state index in [1.807, 2.05) is 10.8 Å². The average molecular weight is 503 g/mol. The molecule has 1 aliphatic heterocycles. The van der Waals surface area contributed by atoms with Crippen molar-refractivity contribution < 1.29 is 19.7 Å². The highest BCUT2D eigenvalue weighted by Crippen LogP contribution is 2.39. The van der Waals surface area contributed by atoms with Gasteiger partial charge in [-0.2, -0.15) is 4.98 Å². The number of rotatable bonds is 9. The summed E-state index contributed by atoms with van der Waals surface area (Å²) in [5.74, 6) is 1.44. The summed E-state index contributed by atoms with van der Waals surface area (Å²) in [7, 11) is 2.96. The van der Waals surface area contributed by atoms with Crippen LogP contribution in [0.4, 0.5) is 11.6 Å². The van der Waals surface area contributed by atoms with Crippen molar-refractivity contribution in [2.75, 3.05) is 58.9 Å². The van der Waals surface area contributed by atoms with Gasteiger partial charge in [0.1, 0.15) is 5.02 Å². The van der Waals surface area contributed by atoms with Gasteiger partial charge in [0.05, 0.1) is 27.0 Å². The van der Waals surface area contributed by atoms with E-state index in [0.29, 0.717) is 28.2 Å². The molecule has 188 valence electrons. The van der Waals surface area contributed by atoms with E-state index >= 15 is 0 Å². The van der Waals surface area contributed by atoms with Crippen molar-refractivity contribution in [3.05, 3.63) is 46.9 Å². The number of phenolic OH excluding ortho intramolecular Hbond substituents is 1. The normalized spacial score (nSPS) is 14.8. The zero-order chi connectivity index (χ0) is 24.9. The van der Waals surface area contributed by atoms with E-state index in [9.17, 15) is 5.11 Å². The molecular weight excluding hydrogens is 472 g/mol. The van der Waals surface area contributed by atoms with Crippen LogP contribution in [0.25, 0.3) is 5.82 Å². The van der Waals surface area contributed by atoms with Crippen LogP contribution in [0.3, 0.4) is 0 Å². The van der Waals surface area contributed by atoms with Gasteiger partial charge in [0, 0.05) is 69.5 Å². The molecule has 0 unspecified atom stereocenters. The van der Waals surface area contributed by atoms with E-state index in [2.05, 4.69) is 38.2 Å². The number of piperazine rings is 1. The lowest BCUT2D eigenvalue weighted by Crippen LogP contribution is -2.46. The maximum atomic E-state index is 10.2. The summed E-state index contributed by atoms with van der Waals surface area (Å²) in [5, 5.41) is 22.9. The second-order valence-electron chi connectivity index (χ2n) is 8.44. The van der Waals surface area contributed by atoms with E-state index < -0.39 is 0 Å². The Bertz CT molecular complexity index is 1160. The maximum Gasteiger partial charge on any atom is 0.229 e. The first-order valence-corrected chi connectivity index (χ1v) is 11.8. The van der Waals surface area contributed by atoms with Gasteiger partial charge < -0.3 is 29.6 Å². The first-order valence-electron chi connectivity index (χ1n) is 11.4. The van der Waals surface area contributed by atoms with Gasteiger partial charge in [-0.15, -0.1) is 0 Å². The molecule has 3 N–H and O–H groups in total. The number of aromatic nitrogens is 3. The average Bonchev–Trinajstić information content (AvgIpc) is 3.21. The van der Waals surface area contributed by atoms with Gasteiger partial charge in [0.25, 0.3) is 0 Å². The largest absolute Gasteiger partial charge is 0.504 e. The summed E-state index contributed by atoms with van der Waals surface area (Å²) in [4.78, 5) is 13.6. The summed E-state index contributed by atoms with van der Waals surface area (Å²) in [6, 6.07) is 3.20. The number of hydrogen-bond acceptors (Lipinski definition) is 9. The van der Waals surface area contributed by atoms with Crippen LogP contribution in [0.2, 0.25) is 5.02 Å². The van der Waals surface area contributed by atoms with Crippen molar-refractivity contribution in [2.45, 2.75) is 13.5 Å². The Morgan fingerprint density at radius 2 is 1.83 bits per heavy atom. The summed E-state index contributed by atoms with van der Waals surface area (Å²) in [6.07, 6.45) is 5.61. The van der Waals surface area contributed by atoms with E-state index in [1.54, 1.807) is 12.3 Å². The molecule has 10 nitrogen and oxygen atoms in total. The van der Waals surface area contributed by atoms with Crippen molar-refractivity contribution >= 4 is 23.2 Å². The van der Waals surface area contributed by atoms with Crippen molar-refractivity contribution in [1.29, 1.82) is 0 Å². The lowest BCUT2D eigenvalue weighted by molar-refractivity contribution is 0.108. The van der Waals surface area contributed by atoms with Crippen LogP contribution in [0, 0.1) is 6.92 Å². The standard InChI is InChI=1S/C24H31ClN6O4/c1-16-13-31(15-17(16)14-30-6-4-29(5-7-30)8-9-32)23-19(25)12-26-24(28-23)27-18-10-20(33)22(35-3)21(11-18)34-2/h10-13,15,32-33H,4-9,14H2,1-3H3,(H,26,27,28). The number of phenols is 1. The minimum absolute atomic E-state index is 0.0635. The minimum atomic E-state index is -0.0635. The Hall–Kier alpha value is -3.05. The topological polar surface area (TPSA) is 108 Å². The van der Waals surface area contributed by atoms with Crippen LogP contribution < -0.4 is 14.8 Å². The Labute approximate surface area is 209 Å². The number of benzene rings is 1. The predicted octanol–water partition coefficient (Wildman–Crippen LogP) is 2.81. The molecule has 0 atom stereocenters. The molecule has 1 aliphatic rings. The molecule has 0 aliphatic carbocycles. The molecule has 0 amide bonds. The third kappa shape index (κ3) is 5.79.